The first kappa shape index (κ1) is 21.7. The summed E-state index contributed by atoms with van der Waals surface area (Å²) in [5.74, 6) is 0.120. The van der Waals surface area contributed by atoms with E-state index in [0.29, 0.717) is 22.4 Å². The molecule has 0 saturated carbocycles. The van der Waals surface area contributed by atoms with E-state index in [-0.39, 0.29) is 22.0 Å². The predicted molar refractivity (Wildman–Crippen MR) is 117 cm³/mol. The van der Waals surface area contributed by atoms with Crippen molar-refractivity contribution in [3.05, 3.63) is 71.3 Å². The van der Waals surface area contributed by atoms with Crippen molar-refractivity contribution in [2.45, 2.75) is 10.3 Å². The Morgan fingerprint density at radius 1 is 1.03 bits per heavy atom. The van der Waals surface area contributed by atoms with Crippen LogP contribution in [-0.4, -0.2) is 25.2 Å². The number of nitriles is 2. The molecule has 1 aromatic heterocycles. The molecule has 0 aliphatic rings. The van der Waals surface area contributed by atoms with E-state index in [1.165, 1.54) is 7.11 Å². The fraction of sp³-hybridized carbons (Fsp3) is 0.130. The van der Waals surface area contributed by atoms with Crippen molar-refractivity contribution in [1.82, 2.24) is 4.98 Å². The van der Waals surface area contributed by atoms with Gasteiger partial charge in [0.25, 0.3) is 0 Å². The second kappa shape index (κ2) is 9.66. The summed E-state index contributed by atoms with van der Waals surface area (Å²) in [5, 5.41) is 19.1. The summed E-state index contributed by atoms with van der Waals surface area (Å²) in [6.45, 7) is 0. The van der Waals surface area contributed by atoms with E-state index in [9.17, 15) is 15.3 Å². The third kappa shape index (κ3) is 4.45. The minimum atomic E-state index is -0.762. The zero-order valence-corrected chi connectivity index (χ0v) is 17.6. The van der Waals surface area contributed by atoms with E-state index in [1.807, 2.05) is 12.1 Å². The smallest absolute Gasteiger partial charge is 0.323 e. The third-order valence-electron chi connectivity index (χ3n) is 4.54. The molecule has 8 heteroatoms. The van der Waals surface area contributed by atoms with Gasteiger partial charge in [-0.15, -0.1) is 0 Å². The second-order valence-corrected chi connectivity index (χ2v) is 7.40. The lowest BCUT2D eigenvalue weighted by Gasteiger charge is -2.17. The topological polar surface area (TPSA) is 122 Å². The fourth-order valence-corrected chi connectivity index (χ4v) is 4.15. The van der Waals surface area contributed by atoms with Crippen molar-refractivity contribution in [1.29, 1.82) is 10.5 Å². The number of aromatic nitrogens is 1. The summed E-state index contributed by atoms with van der Waals surface area (Å²) in [5.41, 5.74) is 8.00. The highest BCUT2D eigenvalue weighted by Gasteiger charge is 2.28. The van der Waals surface area contributed by atoms with Gasteiger partial charge in [-0.05, 0) is 23.3 Å². The molecular formula is C23H18N4O3S. The molecule has 3 aromatic rings. The molecule has 1 heterocycles. The van der Waals surface area contributed by atoms with Crippen LogP contribution in [0.1, 0.15) is 21.9 Å². The second-order valence-electron chi connectivity index (χ2n) is 6.31. The van der Waals surface area contributed by atoms with Crippen molar-refractivity contribution in [3.63, 3.8) is 0 Å². The van der Waals surface area contributed by atoms with Gasteiger partial charge in [-0.25, -0.2) is 4.98 Å². The summed E-state index contributed by atoms with van der Waals surface area (Å²) < 4.78 is 10.1. The van der Waals surface area contributed by atoms with Crippen LogP contribution in [0.15, 0.2) is 59.6 Å². The molecule has 31 heavy (non-hydrogen) atoms. The van der Waals surface area contributed by atoms with Crippen LogP contribution in [-0.2, 0) is 9.53 Å². The molecule has 0 spiro atoms. The molecule has 2 aromatic carbocycles. The van der Waals surface area contributed by atoms with Crippen LogP contribution in [0.5, 0.6) is 5.75 Å². The number of anilines is 1. The number of methoxy groups -OCH3 is 2. The van der Waals surface area contributed by atoms with Crippen molar-refractivity contribution >= 4 is 23.5 Å². The van der Waals surface area contributed by atoms with Gasteiger partial charge < -0.3 is 15.2 Å². The molecule has 0 bridgehead atoms. The monoisotopic (exact) mass is 430 g/mol. The van der Waals surface area contributed by atoms with Crippen molar-refractivity contribution in [2.24, 2.45) is 0 Å². The Morgan fingerprint density at radius 2 is 1.68 bits per heavy atom. The largest absolute Gasteiger partial charge is 0.497 e. The molecule has 1 atom stereocenters. The molecule has 0 saturated heterocycles. The van der Waals surface area contributed by atoms with E-state index in [1.54, 1.807) is 55.6 Å². The number of hydrogen-bond donors (Lipinski definition) is 1. The van der Waals surface area contributed by atoms with Gasteiger partial charge in [0.15, 0.2) is 0 Å². The molecule has 0 amide bonds. The van der Waals surface area contributed by atoms with Crippen molar-refractivity contribution in [2.75, 3.05) is 20.0 Å². The van der Waals surface area contributed by atoms with Crippen LogP contribution in [0.25, 0.3) is 11.1 Å². The number of rotatable bonds is 6. The maximum Gasteiger partial charge on any atom is 0.323 e. The summed E-state index contributed by atoms with van der Waals surface area (Å²) in [7, 11) is 2.85. The lowest BCUT2D eigenvalue weighted by Crippen LogP contribution is -2.12. The van der Waals surface area contributed by atoms with Gasteiger partial charge in [0.2, 0.25) is 0 Å². The minimum absolute atomic E-state index is 0.0218. The minimum Gasteiger partial charge on any atom is -0.497 e. The Kier molecular flexibility index (Phi) is 6.76. The highest BCUT2D eigenvalue weighted by Crippen LogP contribution is 2.42. The first-order chi connectivity index (χ1) is 15.0. The van der Waals surface area contributed by atoms with Crippen LogP contribution in [0.2, 0.25) is 0 Å². The SMILES string of the molecule is COC(=O)C(Sc1nc(N)c(C#N)c(-c2ccc(OC)cc2)c1C#N)c1ccccc1. The molecule has 0 fully saturated rings. The number of hydrogen-bond acceptors (Lipinski definition) is 8. The van der Waals surface area contributed by atoms with Crippen LogP contribution in [0, 0.1) is 22.7 Å². The molecule has 1 unspecified atom stereocenters. The average Bonchev–Trinajstić information content (AvgIpc) is 2.82. The maximum atomic E-state index is 12.5. The molecule has 154 valence electrons. The van der Waals surface area contributed by atoms with E-state index >= 15 is 0 Å². The van der Waals surface area contributed by atoms with Crippen molar-refractivity contribution in [3.8, 4) is 29.0 Å². The molecule has 0 aliphatic heterocycles. The zero-order valence-electron chi connectivity index (χ0n) is 16.8. The molecule has 3 rings (SSSR count). The predicted octanol–water partition coefficient (Wildman–Crippen LogP) is 4.09. The molecule has 7 nitrogen and oxygen atoms in total. The Labute approximate surface area is 184 Å². The highest BCUT2D eigenvalue weighted by molar-refractivity contribution is 8.00. The van der Waals surface area contributed by atoms with E-state index in [2.05, 4.69) is 11.1 Å². The third-order valence-corrected chi connectivity index (χ3v) is 5.76. The molecule has 0 aliphatic carbocycles. The van der Waals surface area contributed by atoms with Gasteiger partial charge in [0, 0.05) is 5.56 Å². The molecular weight excluding hydrogens is 412 g/mol. The van der Waals surface area contributed by atoms with E-state index in [4.69, 9.17) is 15.2 Å². The summed E-state index contributed by atoms with van der Waals surface area (Å²) in [6, 6.07) is 20.1. The van der Waals surface area contributed by atoms with Gasteiger partial charge in [-0.2, -0.15) is 10.5 Å². The van der Waals surface area contributed by atoms with Gasteiger partial charge in [-0.1, -0.05) is 54.2 Å². The lowest BCUT2D eigenvalue weighted by atomic mass is 9.97. The molecule has 0 radical (unpaired) electrons. The van der Waals surface area contributed by atoms with Crippen LogP contribution in [0.4, 0.5) is 5.82 Å². The van der Waals surface area contributed by atoms with E-state index < -0.39 is 11.2 Å². The first-order valence-electron chi connectivity index (χ1n) is 9.11. The van der Waals surface area contributed by atoms with Crippen LogP contribution < -0.4 is 10.5 Å². The number of carbonyl (C=O) groups excluding carboxylic acids is 1. The number of nitrogen functional groups attached to an aromatic ring is 1. The number of nitrogens with two attached hydrogens (primary N) is 1. The first-order valence-corrected chi connectivity index (χ1v) is 9.99. The van der Waals surface area contributed by atoms with Crippen molar-refractivity contribution < 1.29 is 14.3 Å². The number of esters is 1. The zero-order chi connectivity index (χ0) is 22.4. The van der Waals surface area contributed by atoms with E-state index in [0.717, 1.165) is 11.8 Å². The Hall–Kier alpha value is -4.01. The Morgan fingerprint density at radius 3 is 2.23 bits per heavy atom. The number of thioether (sulfide) groups is 1. The van der Waals surface area contributed by atoms with Crippen LogP contribution >= 0.6 is 11.8 Å². The Bertz CT molecular complexity index is 1180. The standard InChI is InChI=1S/C23H18N4O3S/c1-29-16-10-8-14(9-11-16)19-17(12-24)21(26)27-22(18(19)13-25)31-20(23(28)30-2)15-6-4-3-5-7-15/h3-11,20H,1-2H3,(H2,26,27). The summed E-state index contributed by atoms with van der Waals surface area (Å²) in [6.07, 6.45) is 0. The van der Waals surface area contributed by atoms with Gasteiger partial charge in [0.05, 0.1) is 19.8 Å². The number of benzene rings is 2. The molecule has 2 N–H and O–H groups in total. The summed E-state index contributed by atoms with van der Waals surface area (Å²) in [4.78, 5) is 16.8. The number of ether oxygens (including phenoxy) is 2. The van der Waals surface area contributed by atoms with Gasteiger partial charge >= 0.3 is 5.97 Å². The highest BCUT2D eigenvalue weighted by atomic mass is 32.2. The summed E-state index contributed by atoms with van der Waals surface area (Å²) >= 11 is 1.05. The van der Waals surface area contributed by atoms with Crippen LogP contribution in [0.3, 0.4) is 0 Å². The Balaban J connectivity index is 2.19. The quantitative estimate of drug-likeness (QED) is 0.458. The normalized spacial score (nSPS) is 11.1. The number of pyridine rings is 1. The van der Waals surface area contributed by atoms with Gasteiger partial charge in [-0.3, -0.25) is 4.79 Å². The average molecular weight is 430 g/mol. The van der Waals surface area contributed by atoms with Gasteiger partial charge in [0.1, 0.15) is 39.5 Å². The fourth-order valence-electron chi connectivity index (χ4n) is 3.03. The number of nitrogens with zero attached hydrogens (tertiary/aromatic N) is 3. The lowest BCUT2D eigenvalue weighted by molar-refractivity contribution is -0.140. The maximum absolute atomic E-state index is 12.5. The number of carbonyl (C=O) groups is 1.